The van der Waals surface area contributed by atoms with E-state index in [0.717, 1.165) is 31.4 Å². The molecule has 20 heavy (non-hydrogen) atoms. The Morgan fingerprint density at radius 1 is 1.15 bits per heavy atom. The molecule has 0 unspecified atom stereocenters. The molecule has 0 aromatic heterocycles. The topological polar surface area (TPSA) is 46.4 Å². The normalized spacial score (nSPS) is 9.25. The molecule has 0 fully saturated rings. The van der Waals surface area contributed by atoms with Crippen molar-refractivity contribution >= 4 is 5.69 Å². The molecule has 4 nitrogen and oxygen atoms in total. The lowest BCUT2D eigenvalue weighted by atomic mass is 10.2. The molecule has 0 amide bonds. The van der Waals surface area contributed by atoms with Crippen LogP contribution in [0.2, 0.25) is 0 Å². The van der Waals surface area contributed by atoms with Gasteiger partial charge in [-0.25, -0.2) is 0 Å². The van der Waals surface area contributed by atoms with Gasteiger partial charge in [0, 0.05) is 24.1 Å². The van der Waals surface area contributed by atoms with Crippen LogP contribution in [0.5, 0.6) is 0 Å². The molecular weight excluding hydrogens is 252 g/mol. The molecule has 0 atom stereocenters. The lowest BCUT2D eigenvalue weighted by Crippen LogP contribution is -2.12. The maximum absolute atomic E-state index is 10.5. The van der Waals surface area contributed by atoms with Crippen LogP contribution in [0.4, 0.5) is 5.69 Å². The quantitative estimate of drug-likeness (QED) is 0.356. The number of nitrogens with zero attached hydrogens (tertiary/aromatic N) is 2. The highest BCUT2D eigenvalue weighted by molar-refractivity contribution is 5.40. The summed E-state index contributed by atoms with van der Waals surface area (Å²) in [7, 11) is 4.12. The third-order valence-electron chi connectivity index (χ3n) is 2.47. The maximum Gasteiger partial charge on any atom is 0.269 e. The Labute approximate surface area is 121 Å². The predicted octanol–water partition coefficient (Wildman–Crippen LogP) is 3.70. The van der Waals surface area contributed by atoms with E-state index in [1.165, 1.54) is 12.1 Å². The fourth-order valence-corrected chi connectivity index (χ4v) is 1.47. The summed E-state index contributed by atoms with van der Waals surface area (Å²) in [6.07, 6.45) is 3.09. The molecule has 0 heterocycles. The zero-order valence-electron chi connectivity index (χ0n) is 12.8. The molecular formula is C16H24N2O2. The second-order valence-corrected chi connectivity index (χ2v) is 4.37. The zero-order valence-corrected chi connectivity index (χ0v) is 12.8. The molecule has 110 valence electrons. The Bertz CT molecular complexity index is 442. The molecule has 0 saturated carbocycles. The SMILES string of the molecule is CC.CN(C)CCCCC#Cc1ccc([N+](=O)[O-])cc1. The number of rotatable bonds is 5. The number of unbranched alkanes of at least 4 members (excludes halogenated alkanes) is 2. The van der Waals surface area contributed by atoms with Crippen LogP contribution in [0.15, 0.2) is 24.3 Å². The molecule has 1 aromatic rings. The van der Waals surface area contributed by atoms with Gasteiger partial charge < -0.3 is 4.90 Å². The summed E-state index contributed by atoms with van der Waals surface area (Å²) in [5.41, 5.74) is 0.930. The van der Waals surface area contributed by atoms with E-state index >= 15 is 0 Å². The van der Waals surface area contributed by atoms with Crippen LogP contribution < -0.4 is 0 Å². The highest BCUT2D eigenvalue weighted by atomic mass is 16.6. The number of hydrogen-bond acceptors (Lipinski definition) is 3. The van der Waals surface area contributed by atoms with Crippen LogP contribution >= 0.6 is 0 Å². The van der Waals surface area contributed by atoms with E-state index in [4.69, 9.17) is 0 Å². The van der Waals surface area contributed by atoms with E-state index in [9.17, 15) is 10.1 Å². The fourth-order valence-electron chi connectivity index (χ4n) is 1.47. The summed E-state index contributed by atoms with van der Waals surface area (Å²) in [6.45, 7) is 5.08. The van der Waals surface area contributed by atoms with Crippen LogP contribution in [-0.2, 0) is 0 Å². The van der Waals surface area contributed by atoms with Gasteiger partial charge in [-0.15, -0.1) is 0 Å². The van der Waals surface area contributed by atoms with Gasteiger partial charge in [-0.05, 0) is 45.6 Å². The van der Waals surface area contributed by atoms with Crippen molar-refractivity contribution in [3.63, 3.8) is 0 Å². The van der Waals surface area contributed by atoms with E-state index in [2.05, 4.69) is 30.8 Å². The van der Waals surface area contributed by atoms with E-state index in [1.54, 1.807) is 12.1 Å². The third-order valence-corrected chi connectivity index (χ3v) is 2.47. The Balaban J connectivity index is 0.00000172. The summed E-state index contributed by atoms with van der Waals surface area (Å²) in [5, 5.41) is 10.5. The Kier molecular flexibility index (Phi) is 9.98. The van der Waals surface area contributed by atoms with Crippen molar-refractivity contribution in [3.05, 3.63) is 39.9 Å². The molecule has 0 spiro atoms. The molecule has 0 bridgehead atoms. The molecule has 0 saturated heterocycles. The minimum atomic E-state index is -0.404. The predicted molar refractivity (Wildman–Crippen MR) is 83.7 cm³/mol. The third kappa shape index (κ3) is 8.28. The highest BCUT2D eigenvalue weighted by Crippen LogP contribution is 2.10. The van der Waals surface area contributed by atoms with Gasteiger partial charge in [-0.2, -0.15) is 0 Å². The van der Waals surface area contributed by atoms with Crippen LogP contribution in [0.25, 0.3) is 0 Å². The highest BCUT2D eigenvalue weighted by Gasteiger charge is 2.01. The molecule has 0 radical (unpaired) electrons. The monoisotopic (exact) mass is 276 g/mol. The smallest absolute Gasteiger partial charge is 0.269 e. The number of non-ortho nitro benzene ring substituents is 1. The summed E-state index contributed by atoms with van der Waals surface area (Å²) < 4.78 is 0. The van der Waals surface area contributed by atoms with Gasteiger partial charge in [-0.1, -0.05) is 25.7 Å². The number of hydrogen-bond donors (Lipinski definition) is 0. The zero-order chi connectivity index (χ0) is 15.4. The molecule has 0 aliphatic heterocycles. The van der Waals surface area contributed by atoms with Crippen molar-refractivity contribution in [2.24, 2.45) is 0 Å². The summed E-state index contributed by atoms with van der Waals surface area (Å²) >= 11 is 0. The van der Waals surface area contributed by atoms with E-state index in [0.29, 0.717) is 0 Å². The van der Waals surface area contributed by atoms with Crippen LogP contribution in [0, 0.1) is 22.0 Å². The molecule has 1 rings (SSSR count). The first-order valence-electron chi connectivity index (χ1n) is 6.97. The van der Waals surface area contributed by atoms with Gasteiger partial charge >= 0.3 is 0 Å². The Morgan fingerprint density at radius 2 is 1.75 bits per heavy atom. The molecule has 1 aromatic carbocycles. The van der Waals surface area contributed by atoms with E-state index in [-0.39, 0.29) is 5.69 Å². The Morgan fingerprint density at radius 3 is 2.25 bits per heavy atom. The van der Waals surface area contributed by atoms with Crippen LogP contribution in [0.3, 0.4) is 0 Å². The van der Waals surface area contributed by atoms with Gasteiger partial charge in [-0.3, -0.25) is 10.1 Å². The minimum Gasteiger partial charge on any atom is -0.309 e. The standard InChI is InChI=1S/C14H18N2O2.C2H6/c1-15(2)12-6-4-3-5-7-13-8-10-14(11-9-13)16(17)18;1-2/h8-11H,3-4,6,12H2,1-2H3;1-2H3. The van der Waals surface area contributed by atoms with Gasteiger partial charge in [0.15, 0.2) is 0 Å². The molecule has 0 aliphatic rings. The van der Waals surface area contributed by atoms with Crippen molar-refractivity contribution in [2.45, 2.75) is 33.1 Å². The van der Waals surface area contributed by atoms with Crippen molar-refractivity contribution in [2.75, 3.05) is 20.6 Å². The first kappa shape index (κ1) is 18.1. The van der Waals surface area contributed by atoms with Gasteiger partial charge in [0.25, 0.3) is 5.69 Å². The average molecular weight is 276 g/mol. The number of nitro benzene ring substituents is 1. The average Bonchev–Trinajstić information content (AvgIpc) is 2.45. The van der Waals surface area contributed by atoms with Gasteiger partial charge in [0.05, 0.1) is 4.92 Å². The lowest BCUT2D eigenvalue weighted by Gasteiger charge is -2.06. The van der Waals surface area contributed by atoms with Gasteiger partial charge in [0.2, 0.25) is 0 Å². The van der Waals surface area contributed by atoms with Crippen molar-refractivity contribution in [3.8, 4) is 11.8 Å². The maximum atomic E-state index is 10.5. The van der Waals surface area contributed by atoms with E-state index < -0.39 is 4.92 Å². The van der Waals surface area contributed by atoms with Crippen LogP contribution in [0.1, 0.15) is 38.7 Å². The first-order chi connectivity index (χ1) is 9.59. The fraction of sp³-hybridized carbons (Fsp3) is 0.500. The van der Waals surface area contributed by atoms with Gasteiger partial charge in [0.1, 0.15) is 0 Å². The molecule has 4 heteroatoms. The minimum absolute atomic E-state index is 0.103. The van der Waals surface area contributed by atoms with Crippen molar-refractivity contribution < 1.29 is 4.92 Å². The van der Waals surface area contributed by atoms with Crippen molar-refractivity contribution in [1.82, 2.24) is 4.90 Å². The van der Waals surface area contributed by atoms with Crippen LogP contribution in [-0.4, -0.2) is 30.5 Å². The lowest BCUT2D eigenvalue weighted by molar-refractivity contribution is -0.384. The summed E-state index contributed by atoms with van der Waals surface area (Å²) in [6, 6.07) is 6.34. The number of nitro groups is 1. The number of benzene rings is 1. The molecule has 0 aliphatic carbocycles. The Hall–Kier alpha value is -1.86. The second-order valence-electron chi connectivity index (χ2n) is 4.37. The largest absolute Gasteiger partial charge is 0.309 e. The van der Waals surface area contributed by atoms with E-state index in [1.807, 2.05) is 13.8 Å². The van der Waals surface area contributed by atoms with Crippen molar-refractivity contribution in [1.29, 1.82) is 0 Å². The summed E-state index contributed by atoms with van der Waals surface area (Å²) in [4.78, 5) is 12.2. The second kappa shape index (κ2) is 11.0. The first-order valence-corrected chi connectivity index (χ1v) is 6.97. The molecule has 0 N–H and O–H groups in total. The summed E-state index contributed by atoms with van der Waals surface area (Å²) in [5.74, 6) is 6.10.